The van der Waals surface area contributed by atoms with Gasteiger partial charge in [-0.3, -0.25) is 0 Å². The summed E-state index contributed by atoms with van der Waals surface area (Å²) in [6, 6.07) is 0. The average Bonchev–Trinajstić information content (AvgIpc) is 2.40. The van der Waals surface area contributed by atoms with Gasteiger partial charge in [0, 0.05) is 5.57 Å². The van der Waals surface area contributed by atoms with Crippen molar-refractivity contribution < 1.29 is 23.4 Å². The summed E-state index contributed by atoms with van der Waals surface area (Å²) in [6.07, 6.45) is 0.966. The first-order valence-electron chi connectivity index (χ1n) is 8.28. The Kier molecular flexibility index (Phi) is 7.01. The molecule has 0 spiro atoms. The minimum atomic E-state index is -1.95. The van der Waals surface area contributed by atoms with Gasteiger partial charge < -0.3 is 18.6 Å². The van der Waals surface area contributed by atoms with Crippen molar-refractivity contribution in [1.82, 2.24) is 0 Å². The quantitative estimate of drug-likeness (QED) is 0.433. The van der Waals surface area contributed by atoms with Gasteiger partial charge in [0.2, 0.25) is 0 Å². The van der Waals surface area contributed by atoms with Crippen LogP contribution in [-0.4, -0.2) is 46.0 Å². The standard InChI is InChI=1S/C17H32O5Si/c1-9-19-16(18)12(2)10-14-15(11-20-13(3)21-14)22-23(7,8)17(4,5)6/h10,13-15H,9,11H2,1-8H3/b12-10+/t13-,14+,15-/m1/s1. The van der Waals surface area contributed by atoms with E-state index < -0.39 is 8.32 Å². The lowest BCUT2D eigenvalue weighted by Gasteiger charge is -2.43. The minimum Gasteiger partial charge on any atom is -0.463 e. The second-order valence-electron chi connectivity index (χ2n) is 7.49. The molecule has 1 saturated heterocycles. The van der Waals surface area contributed by atoms with Crippen molar-refractivity contribution >= 4 is 14.3 Å². The average molecular weight is 345 g/mol. The molecule has 1 fully saturated rings. The Balaban J connectivity index is 2.92. The molecular formula is C17H32O5Si. The molecule has 0 N–H and O–H groups in total. The molecule has 23 heavy (non-hydrogen) atoms. The molecule has 0 saturated carbocycles. The highest BCUT2D eigenvalue weighted by Gasteiger charge is 2.42. The monoisotopic (exact) mass is 344 g/mol. The molecule has 3 atom stereocenters. The summed E-state index contributed by atoms with van der Waals surface area (Å²) in [5, 5.41) is 0.0977. The van der Waals surface area contributed by atoms with E-state index in [0.717, 1.165) is 0 Å². The van der Waals surface area contributed by atoms with Crippen LogP contribution in [-0.2, 0) is 23.4 Å². The Morgan fingerprint density at radius 3 is 2.48 bits per heavy atom. The lowest BCUT2D eigenvalue weighted by Crippen LogP contribution is -2.52. The Morgan fingerprint density at radius 1 is 1.35 bits per heavy atom. The zero-order valence-corrected chi connectivity index (χ0v) is 16.8. The highest BCUT2D eigenvalue weighted by atomic mass is 28.4. The van der Waals surface area contributed by atoms with E-state index in [1.54, 1.807) is 19.9 Å². The van der Waals surface area contributed by atoms with Crippen molar-refractivity contribution in [1.29, 1.82) is 0 Å². The first-order chi connectivity index (χ1) is 10.5. The SMILES string of the molecule is CCOC(=O)/C(C)=C/[C@@H]1O[C@H](C)OC[C@H]1O[Si](C)(C)C(C)(C)C. The van der Waals surface area contributed by atoms with Gasteiger partial charge in [0.15, 0.2) is 14.6 Å². The second-order valence-corrected chi connectivity index (χ2v) is 12.2. The summed E-state index contributed by atoms with van der Waals surface area (Å²) < 4.78 is 22.9. The van der Waals surface area contributed by atoms with Crippen LogP contribution in [0.15, 0.2) is 11.6 Å². The lowest BCUT2D eigenvalue weighted by molar-refractivity contribution is -0.227. The maximum absolute atomic E-state index is 11.8. The zero-order chi connectivity index (χ0) is 17.8. The molecule has 1 heterocycles. The number of carbonyl (C=O) groups excluding carboxylic acids is 1. The number of esters is 1. The van der Waals surface area contributed by atoms with Crippen LogP contribution < -0.4 is 0 Å². The molecule has 0 aliphatic carbocycles. The Morgan fingerprint density at radius 2 is 1.96 bits per heavy atom. The number of ether oxygens (including phenoxy) is 3. The first-order valence-corrected chi connectivity index (χ1v) is 11.2. The number of hydrogen-bond donors (Lipinski definition) is 0. The van der Waals surface area contributed by atoms with E-state index in [-0.39, 0.29) is 29.5 Å². The molecule has 6 heteroatoms. The zero-order valence-electron chi connectivity index (χ0n) is 15.8. The van der Waals surface area contributed by atoms with Crippen LogP contribution in [0.3, 0.4) is 0 Å². The van der Waals surface area contributed by atoms with E-state index in [4.69, 9.17) is 18.6 Å². The van der Waals surface area contributed by atoms with Crippen LogP contribution >= 0.6 is 0 Å². The molecule has 0 bridgehead atoms. The molecule has 0 aromatic heterocycles. The molecule has 134 valence electrons. The molecule has 0 radical (unpaired) electrons. The van der Waals surface area contributed by atoms with Gasteiger partial charge in [-0.2, -0.15) is 0 Å². The third-order valence-corrected chi connectivity index (χ3v) is 8.98. The van der Waals surface area contributed by atoms with Crippen LogP contribution in [0.1, 0.15) is 41.5 Å². The molecule has 1 aliphatic heterocycles. The third-order valence-electron chi connectivity index (χ3n) is 4.47. The molecule has 0 aromatic rings. The Labute approximate surface area is 141 Å². The first kappa shape index (κ1) is 20.4. The van der Waals surface area contributed by atoms with Crippen molar-refractivity contribution in [3.8, 4) is 0 Å². The van der Waals surface area contributed by atoms with Gasteiger partial charge in [0.25, 0.3) is 0 Å². The summed E-state index contributed by atoms with van der Waals surface area (Å²) in [7, 11) is -1.95. The largest absolute Gasteiger partial charge is 0.463 e. The highest BCUT2D eigenvalue weighted by Crippen LogP contribution is 2.38. The van der Waals surface area contributed by atoms with Gasteiger partial charge in [-0.15, -0.1) is 0 Å². The summed E-state index contributed by atoms with van der Waals surface area (Å²) in [5.74, 6) is -0.318. The second kappa shape index (κ2) is 7.92. The number of hydrogen-bond acceptors (Lipinski definition) is 5. The summed E-state index contributed by atoms with van der Waals surface area (Å²) in [6.45, 7) is 17.2. The normalized spacial score (nSPS) is 27.0. The minimum absolute atomic E-state index is 0.0977. The number of carbonyl (C=O) groups is 1. The van der Waals surface area contributed by atoms with E-state index in [0.29, 0.717) is 18.8 Å². The van der Waals surface area contributed by atoms with Crippen molar-refractivity contribution in [3.05, 3.63) is 11.6 Å². The van der Waals surface area contributed by atoms with Crippen molar-refractivity contribution in [3.63, 3.8) is 0 Å². The van der Waals surface area contributed by atoms with Crippen LogP contribution in [0.25, 0.3) is 0 Å². The number of rotatable bonds is 5. The van der Waals surface area contributed by atoms with E-state index in [1.165, 1.54) is 0 Å². The molecule has 0 unspecified atom stereocenters. The fraction of sp³-hybridized carbons (Fsp3) is 0.824. The fourth-order valence-electron chi connectivity index (χ4n) is 2.04. The third kappa shape index (κ3) is 5.71. The van der Waals surface area contributed by atoms with Gasteiger partial charge >= 0.3 is 5.97 Å². The molecular weight excluding hydrogens is 312 g/mol. The Hall–Kier alpha value is -0.693. The molecule has 5 nitrogen and oxygen atoms in total. The summed E-state index contributed by atoms with van der Waals surface area (Å²) in [4.78, 5) is 11.8. The van der Waals surface area contributed by atoms with Gasteiger partial charge in [-0.25, -0.2) is 4.79 Å². The van der Waals surface area contributed by atoms with Gasteiger partial charge in [0.1, 0.15) is 6.10 Å². The van der Waals surface area contributed by atoms with Gasteiger partial charge in [-0.05, 0) is 45.0 Å². The highest BCUT2D eigenvalue weighted by molar-refractivity contribution is 6.74. The van der Waals surface area contributed by atoms with Crippen LogP contribution in [0, 0.1) is 0 Å². The van der Waals surface area contributed by atoms with Crippen molar-refractivity contribution in [2.24, 2.45) is 0 Å². The topological polar surface area (TPSA) is 54.0 Å². The van der Waals surface area contributed by atoms with Crippen LogP contribution in [0.2, 0.25) is 18.1 Å². The van der Waals surface area contributed by atoms with E-state index in [9.17, 15) is 4.79 Å². The van der Waals surface area contributed by atoms with Crippen LogP contribution in [0.4, 0.5) is 0 Å². The maximum Gasteiger partial charge on any atom is 0.333 e. The van der Waals surface area contributed by atoms with Crippen LogP contribution in [0.5, 0.6) is 0 Å². The molecule has 0 amide bonds. The van der Waals surface area contributed by atoms with E-state index in [2.05, 4.69) is 33.9 Å². The van der Waals surface area contributed by atoms with Gasteiger partial charge in [-0.1, -0.05) is 20.8 Å². The predicted octanol–water partition coefficient (Wildman–Crippen LogP) is 3.65. The lowest BCUT2D eigenvalue weighted by atomic mass is 10.1. The Bertz CT molecular complexity index is 439. The van der Waals surface area contributed by atoms with Crippen molar-refractivity contribution in [2.75, 3.05) is 13.2 Å². The fourth-order valence-corrected chi connectivity index (χ4v) is 3.35. The summed E-state index contributed by atoms with van der Waals surface area (Å²) in [5.41, 5.74) is 0.537. The maximum atomic E-state index is 11.8. The molecule has 0 aromatic carbocycles. The summed E-state index contributed by atoms with van der Waals surface area (Å²) >= 11 is 0. The van der Waals surface area contributed by atoms with Gasteiger partial charge in [0.05, 0.1) is 19.3 Å². The van der Waals surface area contributed by atoms with Crippen molar-refractivity contribution in [2.45, 2.75) is 78.2 Å². The molecule has 1 rings (SSSR count). The molecule has 1 aliphatic rings. The van der Waals surface area contributed by atoms with E-state index in [1.807, 2.05) is 6.92 Å². The van der Waals surface area contributed by atoms with E-state index >= 15 is 0 Å². The smallest absolute Gasteiger partial charge is 0.333 e. The predicted molar refractivity (Wildman–Crippen MR) is 92.7 cm³/mol.